The summed E-state index contributed by atoms with van der Waals surface area (Å²) in [5, 5.41) is 12.2. The molecule has 1 aliphatic rings. The number of nitrogens with one attached hydrogen (secondary N) is 1. The van der Waals surface area contributed by atoms with Gasteiger partial charge in [0.2, 0.25) is 5.91 Å². The van der Waals surface area contributed by atoms with Crippen LogP contribution >= 0.6 is 0 Å². The highest BCUT2D eigenvalue weighted by Crippen LogP contribution is 2.44. The van der Waals surface area contributed by atoms with Crippen molar-refractivity contribution in [1.29, 1.82) is 0 Å². The van der Waals surface area contributed by atoms with E-state index in [1.165, 1.54) is 11.1 Å². The summed E-state index contributed by atoms with van der Waals surface area (Å²) in [6, 6.07) is 8.53. The highest BCUT2D eigenvalue weighted by atomic mass is 16.3. The highest BCUT2D eigenvalue weighted by Gasteiger charge is 2.41. The lowest BCUT2D eigenvalue weighted by molar-refractivity contribution is -0.121. The lowest BCUT2D eigenvalue weighted by atomic mass is 9.86. The van der Waals surface area contributed by atoms with Gasteiger partial charge in [-0.15, -0.1) is 0 Å². The standard InChI is InChI=1S/C18H27NO2/c1-17(2,3)15-7-4-14(5-8-15)6-9-16(21)19-12-18(13-20)10-11-18/h4-5,7-8,20H,6,9-13H2,1-3H3,(H,19,21). The third kappa shape index (κ3) is 4.57. The Morgan fingerprint density at radius 3 is 2.33 bits per heavy atom. The van der Waals surface area contributed by atoms with Crippen molar-refractivity contribution >= 4 is 5.91 Å². The third-order valence-electron chi connectivity index (χ3n) is 4.41. The fourth-order valence-electron chi connectivity index (χ4n) is 2.37. The molecule has 2 rings (SSSR count). The van der Waals surface area contributed by atoms with Crippen molar-refractivity contribution in [2.75, 3.05) is 13.2 Å². The van der Waals surface area contributed by atoms with Gasteiger partial charge in [-0.05, 0) is 35.8 Å². The van der Waals surface area contributed by atoms with Gasteiger partial charge in [0.25, 0.3) is 0 Å². The van der Waals surface area contributed by atoms with Gasteiger partial charge in [-0.25, -0.2) is 0 Å². The van der Waals surface area contributed by atoms with Crippen LogP contribution in [-0.4, -0.2) is 24.2 Å². The lowest BCUT2D eigenvalue weighted by Gasteiger charge is -2.19. The number of hydrogen-bond acceptors (Lipinski definition) is 2. The van der Waals surface area contributed by atoms with Crippen LogP contribution in [-0.2, 0) is 16.6 Å². The molecular weight excluding hydrogens is 262 g/mol. The molecule has 1 aliphatic carbocycles. The molecule has 0 aliphatic heterocycles. The van der Waals surface area contributed by atoms with E-state index < -0.39 is 0 Å². The van der Waals surface area contributed by atoms with Gasteiger partial charge in [0.15, 0.2) is 0 Å². The maximum absolute atomic E-state index is 11.8. The van der Waals surface area contributed by atoms with E-state index in [-0.39, 0.29) is 23.3 Å². The zero-order valence-corrected chi connectivity index (χ0v) is 13.4. The first kappa shape index (κ1) is 16.0. The largest absolute Gasteiger partial charge is 0.396 e. The second-order valence-electron chi connectivity index (χ2n) is 7.38. The number of carbonyl (C=O) groups is 1. The molecule has 1 saturated carbocycles. The van der Waals surface area contributed by atoms with Crippen LogP contribution in [0.4, 0.5) is 0 Å². The first-order valence-corrected chi connectivity index (χ1v) is 7.82. The Morgan fingerprint density at radius 2 is 1.86 bits per heavy atom. The first-order chi connectivity index (χ1) is 9.85. The second-order valence-corrected chi connectivity index (χ2v) is 7.38. The molecule has 3 heteroatoms. The summed E-state index contributed by atoms with van der Waals surface area (Å²) < 4.78 is 0. The maximum atomic E-state index is 11.8. The third-order valence-corrected chi connectivity index (χ3v) is 4.41. The number of rotatable bonds is 6. The van der Waals surface area contributed by atoms with Crippen LogP contribution in [0.5, 0.6) is 0 Å². The predicted octanol–water partition coefficient (Wildman–Crippen LogP) is 2.81. The van der Waals surface area contributed by atoms with Gasteiger partial charge in [-0.3, -0.25) is 4.79 Å². The summed E-state index contributed by atoms with van der Waals surface area (Å²) in [7, 11) is 0. The molecule has 0 aromatic heterocycles. The lowest BCUT2D eigenvalue weighted by Crippen LogP contribution is -2.31. The van der Waals surface area contributed by atoms with E-state index in [2.05, 4.69) is 50.4 Å². The molecule has 1 fully saturated rings. The average Bonchev–Trinajstić information content (AvgIpc) is 3.23. The summed E-state index contributed by atoms with van der Waals surface area (Å²) in [5.41, 5.74) is 2.67. The number of carbonyl (C=O) groups excluding carboxylic acids is 1. The van der Waals surface area contributed by atoms with Crippen molar-refractivity contribution in [2.45, 2.75) is 51.9 Å². The van der Waals surface area contributed by atoms with E-state index in [0.717, 1.165) is 19.3 Å². The summed E-state index contributed by atoms with van der Waals surface area (Å²) in [6.45, 7) is 7.39. The van der Waals surface area contributed by atoms with Crippen LogP contribution in [0.2, 0.25) is 0 Å². The van der Waals surface area contributed by atoms with E-state index >= 15 is 0 Å². The molecule has 0 radical (unpaired) electrons. The van der Waals surface area contributed by atoms with E-state index in [4.69, 9.17) is 0 Å². The van der Waals surface area contributed by atoms with Crippen LogP contribution in [0.3, 0.4) is 0 Å². The average molecular weight is 289 g/mol. The minimum Gasteiger partial charge on any atom is -0.396 e. The molecule has 1 aromatic carbocycles. The van der Waals surface area contributed by atoms with E-state index in [0.29, 0.717) is 13.0 Å². The van der Waals surface area contributed by atoms with Crippen molar-refractivity contribution in [3.8, 4) is 0 Å². The molecule has 21 heavy (non-hydrogen) atoms. The molecule has 1 amide bonds. The minimum absolute atomic E-state index is 0.00990. The summed E-state index contributed by atoms with van der Waals surface area (Å²) >= 11 is 0. The summed E-state index contributed by atoms with van der Waals surface area (Å²) in [5.74, 6) is 0.0784. The number of aliphatic hydroxyl groups excluding tert-OH is 1. The van der Waals surface area contributed by atoms with Gasteiger partial charge in [0.1, 0.15) is 0 Å². The van der Waals surface area contributed by atoms with Crippen LogP contribution in [0.15, 0.2) is 24.3 Å². The number of benzene rings is 1. The van der Waals surface area contributed by atoms with Crippen LogP contribution in [0.25, 0.3) is 0 Å². The van der Waals surface area contributed by atoms with Gasteiger partial charge >= 0.3 is 0 Å². The molecular formula is C18H27NO2. The van der Waals surface area contributed by atoms with Crippen LogP contribution in [0.1, 0.15) is 51.2 Å². The van der Waals surface area contributed by atoms with Gasteiger partial charge < -0.3 is 10.4 Å². The molecule has 0 bridgehead atoms. The van der Waals surface area contributed by atoms with Gasteiger partial charge in [0, 0.05) is 18.4 Å². The molecule has 1 aromatic rings. The summed E-state index contributed by atoms with van der Waals surface area (Å²) in [6.07, 6.45) is 3.33. The van der Waals surface area contributed by atoms with Crippen molar-refractivity contribution in [2.24, 2.45) is 5.41 Å². The molecule has 0 unspecified atom stereocenters. The van der Waals surface area contributed by atoms with Gasteiger partial charge in [0.05, 0.1) is 6.61 Å². The Morgan fingerprint density at radius 1 is 1.24 bits per heavy atom. The number of aliphatic hydroxyl groups is 1. The molecule has 0 atom stereocenters. The Hall–Kier alpha value is -1.35. The monoisotopic (exact) mass is 289 g/mol. The fraction of sp³-hybridized carbons (Fsp3) is 0.611. The highest BCUT2D eigenvalue weighted by molar-refractivity contribution is 5.76. The fourth-order valence-corrected chi connectivity index (χ4v) is 2.37. The molecule has 0 saturated heterocycles. The second kappa shape index (κ2) is 6.18. The number of amides is 1. The maximum Gasteiger partial charge on any atom is 0.220 e. The van der Waals surface area contributed by atoms with Crippen molar-refractivity contribution in [3.63, 3.8) is 0 Å². The zero-order valence-electron chi connectivity index (χ0n) is 13.4. The minimum atomic E-state index is -0.00990. The Bertz CT molecular complexity index is 481. The van der Waals surface area contributed by atoms with Crippen LogP contribution < -0.4 is 5.32 Å². The van der Waals surface area contributed by atoms with Crippen molar-refractivity contribution in [3.05, 3.63) is 35.4 Å². The van der Waals surface area contributed by atoms with Crippen LogP contribution in [0, 0.1) is 5.41 Å². The van der Waals surface area contributed by atoms with E-state index in [1.54, 1.807) is 0 Å². The summed E-state index contributed by atoms with van der Waals surface area (Å²) in [4.78, 5) is 11.8. The Balaban J connectivity index is 1.76. The smallest absolute Gasteiger partial charge is 0.220 e. The quantitative estimate of drug-likeness (QED) is 0.846. The normalized spacial score (nSPS) is 16.6. The molecule has 2 N–H and O–H groups in total. The Kier molecular flexibility index (Phi) is 4.72. The molecule has 116 valence electrons. The predicted molar refractivity (Wildman–Crippen MR) is 85.2 cm³/mol. The molecule has 0 spiro atoms. The van der Waals surface area contributed by atoms with Gasteiger partial charge in [-0.1, -0.05) is 45.0 Å². The Labute approximate surface area is 127 Å². The molecule has 3 nitrogen and oxygen atoms in total. The SMILES string of the molecule is CC(C)(C)c1ccc(CCC(=O)NCC2(CO)CC2)cc1. The number of hydrogen-bond donors (Lipinski definition) is 2. The van der Waals surface area contributed by atoms with E-state index in [9.17, 15) is 9.90 Å². The topological polar surface area (TPSA) is 49.3 Å². The van der Waals surface area contributed by atoms with Crippen molar-refractivity contribution < 1.29 is 9.90 Å². The zero-order chi connectivity index (χ0) is 15.5. The van der Waals surface area contributed by atoms with Crippen molar-refractivity contribution in [1.82, 2.24) is 5.32 Å². The van der Waals surface area contributed by atoms with E-state index in [1.807, 2.05) is 0 Å². The number of aryl methyl sites for hydroxylation is 1. The molecule has 0 heterocycles. The van der Waals surface area contributed by atoms with Gasteiger partial charge in [-0.2, -0.15) is 0 Å². The first-order valence-electron chi connectivity index (χ1n) is 7.82.